The van der Waals surface area contributed by atoms with Crippen LogP contribution in [0.3, 0.4) is 0 Å². The average Bonchev–Trinajstić information content (AvgIpc) is 2.43. The first kappa shape index (κ1) is 17.3. The third-order valence-electron chi connectivity index (χ3n) is 2.86. The summed E-state index contributed by atoms with van der Waals surface area (Å²) in [7, 11) is -3.65. The van der Waals surface area contributed by atoms with Crippen LogP contribution >= 0.6 is 15.9 Å². The second-order valence-corrected chi connectivity index (χ2v) is 6.72. The molecule has 20 heavy (non-hydrogen) atoms. The van der Waals surface area contributed by atoms with Crippen molar-refractivity contribution in [3.8, 4) is 0 Å². The third-order valence-corrected chi connectivity index (χ3v) is 4.77. The van der Waals surface area contributed by atoms with Crippen molar-refractivity contribution < 1.29 is 8.42 Å². The van der Waals surface area contributed by atoms with Gasteiger partial charge in [0.25, 0.3) is 0 Å². The number of nitrogens with one attached hydrogen (secondary N) is 2. The van der Waals surface area contributed by atoms with Crippen molar-refractivity contribution >= 4 is 31.8 Å². The van der Waals surface area contributed by atoms with Crippen molar-refractivity contribution in [2.24, 2.45) is 5.84 Å². The highest BCUT2D eigenvalue weighted by Gasteiger charge is 2.19. The van der Waals surface area contributed by atoms with Gasteiger partial charge in [-0.25, -0.2) is 24.0 Å². The summed E-state index contributed by atoms with van der Waals surface area (Å²) in [6.45, 7) is 6.82. The predicted octanol–water partition coefficient (Wildman–Crippen LogP) is 0.750. The largest absolute Gasteiger partial charge is 0.307 e. The number of nitrogens with two attached hydrogens (primary N) is 1. The van der Waals surface area contributed by atoms with Gasteiger partial charge in [-0.2, -0.15) is 0 Å². The number of hydrogen-bond acceptors (Lipinski definition) is 6. The van der Waals surface area contributed by atoms with E-state index in [2.05, 4.69) is 36.0 Å². The molecule has 0 aromatic carbocycles. The summed E-state index contributed by atoms with van der Waals surface area (Å²) < 4.78 is 27.6. The lowest BCUT2D eigenvalue weighted by molar-refractivity contribution is 0.309. The lowest BCUT2D eigenvalue weighted by Crippen LogP contribution is -2.35. The molecule has 0 radical (unpaired) electrons. The van der Waals surface area contributed by atoms with Crippen LogP contribution in [0.1, 0.15) is 13.8 Å². The zero-order chi connectivity index (χ0) is 15.2. The van der Waals surface area contributed by atoms with Crippen LogP contribution in [0.4, 0.5) is 5.82 Å². The lowest BCUT2D eigenvalue weighted by atomic mass is 10.5. The Labute approximate surface area is 128 Å². The van der Waals surface area contributed by atoms with Gasteiger partial charge < -0.3 is 10.3 Å². The number of hydrazine groups is 1. The smallest absolute Gasteiger partial charge is 0.244 e. The van der Waals surface area contributed by atoms with E-state index in [1.165, 1.54) is 12.3 Å². The number of pyridine rings is 1. The van der Waals surface area contributed by atoms with E-state index in [0.29, 0.717) is 17.6 Å². The van der Waals surface area contributed by atoms with Crippen molar-refractivity contribution in [3.63, 3.8) is 0 Å². The molecule has 0 fully saturated rings. The van der Waals surface area contributed by atoms with E-state index in [1.807, 2.05) is 13.8 Å². The van der Waals surface area contributed by atoms with Crippen LogP contribution in [0, 0.1) is 0 Å². The molecule has 9 heteroatoms. The molecule has 0 aliphatic carbocycles. The fourth-order valence-electron chi connectivity index (χ4n) is 1.69. The molecule has 1 aromatic rings. The quantitative estimate of drug-likeness (QED) is 0.464. The van der Waals surface area contributed by atoms with Gasteiger partial charge in [-0.1, -0.05) is 13.8 Å². The molecule has 0 bridgehead atoms. The first-order valence-corrected chi connectivity index (χ1v) is 8.56. The molecule has 1 heterocycles. The van der Waals surface area contributed by atoms with Crippen LogP contribution in [0.2, 0.25) is 0 Å². The van der Waals surface area contributed by atoms with Crippen molar-refractivity contribution in [2.45, 2.75) is 18.7 Å². The minimum Gasteiger partial charge on any atom is -0.307 e. The van der Waals surface area contributed by atoms with Gasteiger partial charge in [0.05, 0.1) is 0 Å². The first-order chi connectivity index (χ1) is 9.44. The topological polar surface area (TPSA) is 100 Å². The Morgan fingerprint density at radius 2 is 2.05 bits per heavy atom. The van der Waals surface area contributed by atoms with Gasteiger partial charge in [0.1, 0.15) is 4.90 Å². The van der Waals surface area contributed by atoms with Gasteiger partial charge in [0, 0.05) is 23.8 Å². The van der Waals surface area contributed by atoms with E-state index in [9.17, 15) is 8.42 Å². The molecule has 7 nitrogen and oxygen atoms in total. The minimum absolute atomic E-state index is 0.0221. The molecule has 4 N–H and O–H groups in total. The molecule has 0 saturated carbocycles. The number of nitrogen functional groups attached to an aromatic ring is 1. The summed E-state index contributed by atoms with van der Waals surface area (Å²) >= 11 is 3.20. The Bertz CT molecular complexity index is 534. The molecule has 0 aliphatic heterocycles. The zero-order valence-electron chi connectivity index (χ0n) is 11.6. The number of likely N-dealkylation sites (N-methyl/N-ethyl adjacent to an activating group) is 1. The van der Waals surface area contributed by atoms with Gasteiger partial charge in [0.15, 0.2) is 5.82 Å². The number of anilines is 1. The van der Waals surface area contributed by atoms with Crippen molar-refractivity contribution in [2.75, 3.05) is 31.6 Å². The Hall–Kier alpha value is -0.740. The number of nitrogens with zero attached hydrogens (tertiary/aromatic N) is 2. The number of aromatic nitrogens is 1. The molecule has 0 amide bonds. The molecule has 0 aliphatic rings. The van der Waals surface area contributed by atoms with E-state index in [4.69, 9.17) is 5.84 Å². The first-order valence-electron chi connectivity index (χ1n) is 6.28. The van der Waals surface area contributed by atoms with Gasteiger partial charge in [-0.15, -0.1) is 0 Å². The summed E-state index contributed by atoms with van der Waals surface area (Å²) in [4.78, 5) is 6.08. The average molecular weight is 366 g/mol. The Morgan fingerprint density at radius 1 is 1.40 bits per heavy atom. The van der Waals surface area contributed by atoms with Gasteiger partial charge in [0.2, 0.25) is 10.0 Å². The van der Waals surface area contributed by atoms with Crippen molar-refractivity contribution in [3.05, 3.63) is 16.7 Å². The maximum Gasteiger partial charge on any atom is 0.244 e. The van der Waals surface area contributed by atoms with E-state index in [-0.39, 0.29) is 10.7 Å². The summed E-state index contributed by atoms with van der Waals surface area (Å²) in [6.07, 6.45) is 1.48. The highest BCUT2D eigenvalue weighted by atomic mass is 79.9. The monoisotopic (exact) mass is 365 g/mol. The third kappa shape index (κ3) is 4.67. The SMILES string of the molecule is CCN(CC)CCNS(=O)(=O)c1cc(Br)cnc1NN. The zero-order valence-corrected chi connectivity index (χ0v) is 14.0. The molecule has 0 saturated heterocycles. The fourth-order valence-corrected chi connectivity index (χ4v) is 3.34. The molecule has 0 spiro atoms. The summed E-state index contributed by atoms with van der Waals surface area (Å²) in [5, 5.41) is 0. The lowest BCUT2D eigenvalue weighted by Gasteiger charge is -2.18. The summed E-state index contributed by atoms with van der Waals surface area (Å²) in [6, 6.07) is 1.46. The van der Waals surface area contributed by atoms with Crippen LogP contribution in [-0.2, 0) is 10.0 Å². The maximum absolute atomic E-state index is 12.2. The normalized spacial score (nSPS) is 11.8. The summed E-state index contributed by atoms with van der Waals surface area (Å²) in [5.74, 6) is 5.40. The van der Waals surface area contributed by atoms with Crippen LogP contribution < -0.4 is 16.0 Å². The van der Waals surface area contributed by atoms with E-state index in [1.54, 1.807) is 0 Å². The van der Waals surface area contributed by atoms with E-state index >= 15 is 0 Å². The van der Waals surface area contributed by atoms with Gasteiger partial charge in [-0.3, -0.25) is 0 Å². The molecule has 0 unspecified atom stereocenters. The molecule has 114 valence electrons. The van der Waals surface area contributed by atoms with E-state index in [0.717, 1.165) is 13.1 Å². The minimum atomic E-state index is -3.65. The molecule has 1 rings (SSSR count). The predicted molar refractivity (Wildman–Crippen MR) is 82.7 cm³/mol. The maximum atomic E-state index is 12.2. The molecular weight excluding hydrogens is 346 g/mol. The number of rotatable bonds is 8. The van der Waals surface area contributed by atoms with E-state index < -0.39 is 10.0 Å². The summed E-state index contributed by atoms with van der Waals surface area (Å²) in [5.41, 5.74) is 2.29. The standard InChI is InChI=1S/C11H20BrN5O2S/c1-3-17(4-2)6-5-15-20(18,19)10-7-9(12)8-14-11(10)16-13/h7-8,15H,3-6,13H2,1-2H3,(H,14,16). The molecular formula is C11H20BrN5O2S. The number of halogens is 1. The highest BCUT2D eigenvalue weighted by molar-refractivity contribution is 9.10. The van der Waals surface area contributed by atoms with Gasteiger partial charge >= 0.3 is 0 Å². The van der Waals surface area contributed by atoms with Gasteiger partial charge in [-0.05, 0) is 35.1 Å². The second-order valence-electron chi connectivity index (χ2n) is 4.07. The Kier molecular flexibility index (Phi) is 6.83. The van der Waals surface area contributed by atoms with Crippen LogP contribution in [0.25, 0.3) is 0 Å². The Morgan fingerprint density at radius 3 is 2.60 bits per heavy atom. The van der Waals surface area contributed by atoms with Crippen molar-refractivity contribution in [1.82, 2.24) is 14.6 Å². The van der Waals surface area contributed by atoms with Crippen LogP contribution in [-0.4, -0.2) is 44.5 Å². The van der Waals surface area contributed by atoms with Crippen LogP contribution in [0.5, 0.6) is 0 Å². The van der Waals surface area contributed by atoms with Crippen molar-refractivity contribution in [1.29, 1.82) is 0 Å². The fraction of sp³-hybridized carbons (Fsp3) is 0.545. The number of sulfonamides is 1. The molecule has 1 aromatic heterocycles. The highest BCUT2D eigenvalue weighted by Crippen LogP contribution is 2.21. The number of hydrogen-bond donors (Lipinski definition) is 3. The Balaban J connectivity index is 2.81. The molecule has 0 atom stereocenters. The second kappa shape index (κ2) is 7.89. The van der Waals surface area contributed by atoms with Crippen LogP contribution in [0.15, 0.2) is 21.6 Å².